The molecule has 2 heterocycles. The molecule has 2 atom stereocenters. The van der Waals surface area contributed by atoms with Crippen LogP contribution < -0.4 is 15.4 Å². The Bertz CT molecular complexity index is 1600. The van der Waals surface area contributed by atoms with Gasteiger partial charge >= 0.3 is 6.18 Å². The van der Waals surface area contributed by atoms with Gasteiger partial charge < -0.3 is 20.3 Å². The van der Waals surface area contributed by atoms with Gasteiger partial charge in [0, 0.05) is 41.2 Å². The zero-order chi connectivity index (χ0) is 30.3. The molecule has 7 nitrogen and oxygen atoms in total. The summed E-state index contributed by atoms with van der Waals surface area (Å²) in [5.74, 6) is -3.61. The minimum absolute atomic E-state index is 0.0441. The van der Waals surface area contributed by atoms with Crippen molar-refractivity contribution < 1.29 is 41.1 Å². The third-order valence-corrected chi connectivity index (χ3v) is 7.44. The molecular weight excluding hydrogens is 585 g/mol. The monoisotopic (exact) mass is 607 g/mol. The molecular formula is C29H23ClF5N3O4. The van der Waals surface area contributed by atoms with E-state index in [1.54, 1.807) is 4.90 Å². The number of nitrogens with zero attached hydrogens (tertiary/aromatic N) is 1. The molecule has 0 spiro atoms. The third kappa shape index (κ3) is 6.03. The molecule has 3 amide bonds. The summed E-state index contributed by atoms with van der Waals surface area (Å²) in [7, 11) is 0. The lowest BCUT2D eigenvalue weighted by molar-refractivity contribution is -0.137. The maximum absolute atomic E-state index is 14.2. The highest BCUT2D eigenvalue weighted by Crippen LogP contribution is 2.42. The molecule has 1 saturated heterocycles. The molecule has 0 saturated carbocycles. The number of ether oxygens (including phenoxy) is 1. The summed E-state index contributed by atoms with van der Waals surface area (Å²) in [6.07, 6.45) is -4.09. The van der Waals surface area contributed by atoms with E-state index in [1.807, 2.05) is 0 Å². The topological polar surface area (TPSA) is 87.7 Å². The lowest BCUT2D eigenvalue weighted by atomic mass is 9.95. The van der Waals surface area contributed by atoms with Crippen LogP contribution in [0.5, 0.6) is 5.75 Å². The molecule has 13 heteroatoms. The van der Waals surface area contributed by atoms with Gasteiger partial charge in [-0.05, 0) is 55.3 Å². The van der Waals surface area contributed by atoms with Crippen molar-refractivity contribution in [1.82, 2.24) is 10.2 Å². The molecule has 0 aromatic heterocycles. The summed E-state index contributed by atoms with van der Waals surface area (Å²) >= 11 is 6.31. The molecule has 1 fully saturated rings. The van der Waals surface area contributed by atoms with Gasteiger partial charge in [-0.2, -0.15) is 13.2 Å². The second-order valence-corrected chi connectivity index (χ2v) is 10.4. The first kappa shape index (κ1) is 29.3. The van der Waals surface area contributed by atoms with Gasteiger partial charge in [0.15, 0.2) is 0 Å². The number of halogens is 6. The number of carbonyl (C=O) groups excluding carboxylic acids is 3. The molecule has 2 aliphatic rings. The first-order chi connectivity index (χ1) is 19.8. The second-order valence-electron chi connectivity index (χ2n) is 10.0. The fourth-order valence-corrected chi connectivity index (χ4v) is 5.37. The van der Waals surface area contributed by atoms with E-state index in [4.69, 9.17) is 16.3 Å². The van der Waals surface area contributed by atoms with E-state index in [1.165, 1.54) is 25.1 Å². The summed E-state index contributed by atoms with van der Waals surface area (Å²) in [6.45, 7) is 2.28. The summed E-state index contributed by atoms with van der Waals surface area (Å²) in [5.41, 5.74) is -1.65. The predicted molar refractivity (Wildman–Crippen MR) is 142 cm³/mol. The molecule has 3 aromatic rings. The first-order valence-electron chi connectivity index (χ1n) is 12.8. The Kier molecular flexibility index (Phi) is 7.84. The number of hydrogen-bond acceptors (Lipinski definition) is 4. The maximum atomic E-state index is 14.2. The van der Waals surface area contributed by atoms with E-state index in [0.29, 0.717) is 31.5 Å². The molecule has 42 heavy (non-hydrogen) atoms. The van der Waals surface area contributed by atoms with Crippen LogP contribution in [0.25, 0.3) is 0 Å². The molecule has 3 aromatic carbocycles. The van der Waals surface area contributed by atoms with Gasteiger partial charge in [0.05, 0.1) is 29.4 Å². The number of nitrogens with one attached hydrogen (secondary N) is 2. The van der Waals surface area contributed by atoms with Crippen molar-refractivity contribution in [3.05, 3.63) is 93.0 Å². The van der Waals surface area contributed by atoms with Crippen LogP contribution in [0.4, 0.5) is 27.6 Å². The Morgan fingerprint density at radius 2 is 1.83 bits per heavy atom. The van der Waals surface area contributed by atoms with Crippen LogP contribution in [-0.2, 0) is 11.0 Å². The maximum Gasteiger partial charge on any atom is 0.416 e. The summed E-state index contributed by atoms with van der Waals surface area (Å²) in [4.78, 5) is 39.8. The number of carbonyl (C=O) groups is 3. The van der Waals surface area contributed by atoms with Crippen molar-refractivity contribution in [2.24, 2.45) is 0 Å². The minimum Gasteiger partial charge on any atom is -0.488 e. The van der Waals surface area contributed by atoms with Crippen molar-refractivity contribution in [2.75, 3.05) is 18.4 Å². The van der Waals surface area contributed by atoms with Gasteiger partial charge in [-0.25, -0.2) is 8.78 Å². The molecule has 2 N–H and O–H groups in total. The number of rotatable bonds is 5. The van der Waals surface area contributed by atoms with E-state index >= 15 is 0 Å². The number of fused-ring (bicyclic) bond motifs is 1. The zero-order valence-electron chi connectivity index (χ0n) is 21.9. The molecule has 2 aliphatic heterocycles. The Morgan fingerprint density at radius 3 is 2.55 bits per heavy atom. The van der Waals surface area contributed by atoms with Crippen LogP contribution >= 0.6 is 11.6 Å². The largest absolute Gasteiger partial charge is 0.488 e. The van der Waals surface area contributed by atoms with Crippen LogP contribution in [0.15, 0.2) is 48.5 Å². The van der Waals surface area contributed by atoms with Crippen molar-refractivity contribution in [3.63, 3.8) is 0 Å². The van der Waals surface area contributed by atoms with Crippen LogP contribution in [0.3, 0.4) is 0 Å². The second kappa shape index (κ2) is 11.2. The van der Waals surface area contributed by atoms with Crippen LogP contribution in [-0.4, -0.2) is 41.8 Å². The number of alkyl halides is 3. The van der Waals surface area contributed by atoms with Crippen LogP contribution in [0.1, 0.15) is 63.2 Å². The van der Waals surface area contributed by atoms with Gasteiger partial charge in [0.25, 0.3) is 11.8 Å². The van der Waals surface area contributed by atoms with Crippen molar-refractivity contribution >= 4 is 35.0 Å². The van der Waals surface area contributed by atoms with Gasteiger partial charge in [0.2, 0.25) is 5.91 Å². The third-order valence-electron chi connectivity index (χ3n) is 7.09. The highest BCUT2D eigenvalue weighted by atomic mass is 35.5. The number of likely N-dealkylation sites (tertiary alicyclic amines) is 1. The van der Waals surface area contributed by atoms with E-state index in [0.717, 1.165) is 12.1 Å². The molecule has 0 radical (unpaired) electrons. The molecule has 1 unspecified atom stereocenters. The first-order valence-corrected chi connectivity index (χ1v) is 13.2. The van der Waals surface area contributed by atoms with Crippen LogP contribution in [0, 0.1) is 11.6 Å². The number of amides is 3. The van der Waals surface area contributed by atoms with Crippen molar-refractivity contribution in [2.45, 2.75) is 38.1 Å². The summed E-state index contributed by atoms with van der Waals surface area (Å²) in [5, 5.41) is 5.28. The smallest absolute Gasteiger partial charge is 0.416 e. The van der Waals surface area contributed by atoms with Crippen LogP contribution in [0.2, 0.25) is 5.02 Å². The number of anilines is 1. The normalized spacial score (nSPS) is 18.4. The molecule has 5 rings (SSSR count). The number of piperidine rings is 1. The Balaban J connectivity index is 1.57. The van der Waals surface area contributed by atoms with E-state index in [-0.39, 0.29) is 51.7 Å². The van der Waals surface area contributed by atoms with E-state index < -0.39 is 52.9 Å². The lowest BCUT2D eigenvalue weighted by Crippen LogP contribution is -2.43. The average Bonchev–Trinajstić information content (AvgIpc) is 3.25. The Labute approximate surface area is 241 Å². The standard InChI is InChI=1S/C29H23ClF5N3O4/c1-14(39)38-6-2-3-19(13-38)42-20-11-22-25(26(37-28(22)41)21-10-17(31)4-5-23(21)30)24(12-20)36-27(40)15-7-16(29(33,34)35)9-18(32)8-15/h4-5,7-12,19,26H,2-3,6,13H2,1H3,(H,36,40)(H,37,41)/t19-,26?/m0/s1. The van der Waals surface area contributed by atoms with Gasteiger partial charge in [-0.15, -0.1) is 0 Å². The Hall–Kier alpha value is -4.19. The van der Waals surface area contributed by atoms with E-state index in [2.05, 4.69) is 10.6 Å². The predicted octanol–water partition coefficient (Wildman–Crippen LogP) is 6.11. The van der Waals surface area contributed by atoms with Gasteiger partial charge in [-0.3, -0.25) is 14.4 Å². The molecule has 0 bridgehead atoms. The zero-order valence-corrected chi connectivity index (χ0v) is 22.7. The fraction of sp³-hybridized carbons (Fsp3) is 0.276. The van der Waals surface area contributed by atoms with Gasteiger partial charge in [0.1, 0.15) is 23.5 Å². The summed E-state index contributed by atoms with van der Waals surface area (Å²) < 4.78 is 74.2. The highest BCUT2D eigenvalue weighted by molar-refractivity contribution is 6.31. The quantitative estimate of drug-likeness (QED) is 0.343. The van der Waals surface area contributed by atoms with Crippen molar-refractivity contribution in [3.8, 4) is 5.75 Å². The fourth-order valence-electron chi connectivity index (χ4n) is 5.14. The average molecular weight is 608 g/mol. The lowest BCUT2D eigenvalue weighted by Gasteiger charge is -2.32. The van der Waals surface area contributed by atoms with Gasteiger partial charge in [-0.1, -0.05) is 11.6 Å². The molecule has 0 aliphatic carbocycles. The Morgan fingerprint density at radius 1 is 1.07 bits per heavy atom. The van der Waals surface area contributed by atoms with Crippen molar-refractivity contribution in [1.29, 1.82) is 0 Å². The number of hydrogen-bond donors (Lipinski definition) is 2. The number of benzene rings is 3. The summed E-state index contributed by atoms with van der Waals surface area (Å²) in [6, 6.07) is 6.69. The molecule has 220 valence electrons. The SMILES string of the molecule is CC(=O)N1CCC[C@H](Oc2cc(NC(=O)c3cc(F)cc(C(F)(F)F)c3)c3c(c2)C(=O)NC3c2cc(F)ccc2Cl)C1. The highest BCUT2D eigenvalue weighted by Gasteiger charge is 2.36. The minimum atomic E-state index is -4.91. The van der Waals surface area contributed by atoms with E-state index in [9.17, 15) is 36.3 Å².